The highest BCUT2D eigenvalue weighted by molar-refractivity contribution is 6.70. The summed E-state index contributed by atoms with van der Waals surface area (Å²) in [5, 5.41) is 9.47. The first-order chi connectivity index (χ1) is 10.8. The van der Waals surface area contributed by atoms with Crippen LogP contribution in [-0.2, 0) is 9.22 Å². The first kappa shape index (κ1) is 20.4. The predicted molar refractivity (Wildman–Crippen MR) is 102 cm³/mol. The summed E-state index contributed by atoms with van der Waals surface area (Å²) in [6.07, 6.45) is 3.46. The van der Waals surface area contributed by atoms with Crippen molar-refractivity contribution in [2.24, 2.45) is 16.7 Å². The van der Waals surface area contributed by atoms with Gasteiger partial charge in [-0.2, -0.15) is 0 Å². The second kappa shape index (κ2) is 6.36. The van der Waals surface area contributed by atoms with Gasteiger partial charge in [-0.05, 0) is 56.7 Å². The minimum absolute atomic E-state index is 0.0502. The maximum atomic E-state index is 13.5. The van der Waals surface area contributed by atoms with E-state index in [9.17, 15) is 9.90 Å². The highest BCUT2D eigenvalue weighted by atomic mass is 35.5. The average Bonchev–Trinajstić information content (AvgIpc) is 2.76. The van der Waals surface area contributed by atoms with Crippen LogP contribution in [0.3, 0.4) is 0 Å². The topological polar surface area (TPSA) is 46.5 Å². The van der Waals surface area contributed by atoms with Crippen LogP contribution in [0.1, 0.15) is 59.8 Å². The Morgan fingerprint density at radius 2 is 1.92 bits per heavy atom. The van der Waals surface area contributed by atoms with E-state index in [1.165, 1.54) is 0 Å². The van der Waals surface area contributed by atoms with Gasteiger partial charge in [0.2, 0.25) is 0 Å². The molecule has 0 radical (unpaired) electrons. The number of carbonyl (C=O) groups excluding carboxylic acids is 1. The molecule has 140 valence electrons. The number of fused-ring (bicyclic) bond motifs is 2. The van der Waals surface area contributed by atoms with Crippen LogP contribution in [0.5, 0.6) is 0 Å². The normalized spacial score (nSPS) is 37.5. The largest absolute Gasteiger partial charge is 0.404 e. The summed E-state index contributed by atoms with van der Waals surface area (Å²) in [4.78, 5) is 13.5. The van der Waals surface area contributed by atoms with Crippen LogP contribution >= 0.6 is 11.6 Å². The molecule has 0 spiro atoms. The Hall–Kier alpha value is 0.0969. The van der Waals surface area contributed by atoms with Gasteiger partial charge in [0, 0.05) is 5.41 Å². The van der Waals surface area contributed by atoms with Gasteiger partial charge in [-0.15, -0.1) is 11.6 Å². The molecule has 0 aromatic heterocycles. The quantitative estimate of drug-likeness (QED) is 0.516. The third kappa shape index (κ3) is 2.91. The SMILES string of the molecule is CCC[C@H](O)C(Cl)C(=O)[C@@]1(O[Si](C)(C)C)C[C@H]2CC[C@]1(C)C2(C)C. The number of carbonyl (C=O) groups is 1. The van der Waals surface area contributed by atoms with Crippen LogP contribution in [0, 0.1) is 16.7 Å². The Balaban J connectivity index is 2.46. The zero-order valence-corrected chi connectivity index (χ0v) is 18.2. The van der Waals surface area contributed by atoms with Crippen LogP contribution in [0.15, 0.2) is 0 Å². The minimum Gasteiger partial charge on any atom is -0.404 e. The van der Waals surface area contributed by atoms with Gasteiger partial charge in [0.15, 0.2) is 14.1 Å². The van der Waals surface area contributed by atoms with Crippen LogP contribution in [-0.4, -0.2) is 36.3 Å². The molecule has 5 atom stereocenters. The molecule has 0 heterocycles. The van der Waals surface area contributed by atoms with Gasteiger partial charge in [0.05, 0.1) is 6.10 Å². The lowest BCUT2D eigenvalue weighted by Crippen LogP contribution is -2.61. The third-order valence-electron chi connectivity index (χ3n) is 6.91. The first-order valence-corrected chi connectivity index (χ1v) is 13.2. The molecule has 2 aliphatic carbocycles. The summed E-state index contributed by atoms with van der Waals surface area (Å²) >= 11 is 6.49. The number of rotatable bonds is 7. The molecule has 0 amide bonds. The van der Waals surface area contributed by atoms with E-state index in [0.717, 1.165) is 25.7 Å². The predicted octanol–water partition coefficient (Wildman–Crippen LogP) is 4.76. The molecule has 0 aromatic rings. The lowest BCUT2D eigenvalue weighted by atomic mass is 9.62. The molecule has 2 rings (SSSR count). The second-order valence-electron chi connectivity index (χ2n) is 9.66. The van der Waals surface area contributed by atoms with E-state index in [1.54, 1.807) is 0 Å². The Kier molecular flexibility index (Phi) is 5.41. The van der Waals surface area contributed by atoms with Gasteiger partial charge < -0.3 is 9.53 Å². The number of Topliss-reactive ketones (excluding diaryl/α,β-unsaturated/α-hetero) is 1. The Labute approximate surface area is 153 Å². The van der Waals surface area contributed by atoms with Crippen LogP contribution in [0.4, 0.5) is 0 Å². The average molecular weight is 375 g/mol. The van der Waals surface area contributed by atoms with Crippen molar-refractivity contribution < 1.29 is 14.3 Å². The summed E-state index contributed by atoms with van der Waals surface area (Å²) in [5.41, 5.74) is -1.01. The Morgan fingerprint density at radius 3 is 2.29 bits per heavy atom. The van der Waals surface area contributed by atoms with E-state index in [1.807, 2.05) is 6.92 Å². The molecule has 2 aliphatic rings. The standard InChI is InChI=1S/C19H35ClO3Si/c1-8-9-14(21)15(20)16(22)19(23-24(5,6)7)12-13-10-11-18(19,4)17(13,2)3/h13-15,21H,8-12H2,1-7H3/t13-,14+,15?,18-,19+/m1/s1. The number of halogens is 1. The number of aliphatic hydroxyl groups is 1. The smallest absolute Gasteiger partial charge is 0.185 e. The molecule has 1 N–H and O–H groups in total. The molecule has 0 aliphatic heterocycles. The van der Waals surface area contributed by atoms with Crippen molar-refractivity contribution in [3.63, 3.8) is 0 Å². The lowest BCUT2D eigenvalue weighted by Gasteiger charge is -2.51. The molecular weight excluding hydrogens is 340 g/mol. The molecule has 5 heteroatoms. The number of hydrogen-bond donors (Lipinski definition) is 1. The van der Waals surface area contributed by atoms with Crippen LogP contribution in [0.25, 0.3) is 0 Å². The van der Waals surface area contributed by atoms with Crippen molar-refractivity contribution in [3.05, 3.63) is 0 Å². The van der Waals surface area contributed by atoms with E-state index in [4.69, 9.17) is 16.0 Å². The summed E-state index contributed by atoms with van der Waals surface area (Å²) < 4.78 is 6.66. The van der Waals surface area contributed by atoms with Gasteiger partial charge in [0.1, 0.15) is 11.0 Å². The fourth-order valence-electron chi connectivity index (χ4n) is 5.19. The first-order valence-electron chi connectivity index (χ1n) is 9.39. The molecule has 24 heavy (non-hydrogen) atoms. The fraction of sp³-hybridized carbons (Fsp3) is 0.947. The van der Waals surface area contributed by atoms with Crippen molar-refractivity contribution in [1.29, 1.82) is 0 Å². The van der Waals surface area contributed by atoms with Gasteiger partial charge in [-0.25, -0.2) is 0 Å². The number of alkyl halides is 1. The maximum absolute atomic E-state index is 13.5. The van der Waals surface area contributed by atoms with E-state index in [-0.39, 0.29) is 16.6 Å². The number of aliphatic hydroxyl groups excluding tert-OH is 1. The Bertz CT molecular complexity index is 501. The maximum Gasteiger partial charge on any atom is 0.185 e. The lowest BCUT2D eigenvalue weighted by molar-refractivity contribution is -0.153. The van der Waals surface area contributed by atoms with Crippen molar-refractivity contribution in [3.8, 4) is 0 Å². The molecule has 0 aromatic carbocycles. The van der Waals surface area contributed by atoms with Gasteiger partial charge >= 0.3 is 0 Å². The molecule has 2 fully saturated rings. The highest BCUT2D eigenvalue weighted by Crippen LogP contribution is 2.71. The zero-order valence-electron chi connectivity index (χ0n) is 16.4. The molecule has 0 saturated heterocycles. The van der Waals surface area contributed by atoms with Crippen molar-refractivity contribution in [2.75, 3.05) is 0 Å². The second-order valence-corrected chi connectivity index (χ2v) is 14.6. The molecule has 2 saturated carbocycles. The molecular formula is C19H35ClO3Si. The molecule has 1 unspecified atom stereocenters. The number of ketones is 1. The molecule has 2 bridgehead atoms. The van der Waals surface area contributed by atoms with Gasteiger partial charge in [0.25, 0.3) is 0 Å². The van der Waals surface area contributed by atoms with Gasteiger partial charge in [-0.3, -0.25) is 4.79 Å². The summed E-state index contributed by atoms with van der Waals surface area (Å²) in [6, 6.07) is 0. The third-order valence-corrected chi connectivity index (χ3v) is 8.36. The summed E-state index contributed by atoms with van der Waals surface area (Å²) in [6.45, 7) is 15.2. The summed E-state index contributed by atoms with van der Waals surface area (Å²) in [5.74, 6) is 0.403. The van der Waals surface area contributed by atoms with Crippen LogP contribution in [0.2, 0.25) is 19.6 Å². The van der Waals surface area contributed by atoms with E-state index < -0.39 is 25.4 Å². The van der Waals surface area contributed by atoms with E-state index in [0.29, 0.717) is 12.3 Å². The number of hydrogen-bond acceptors (Lipinski definition) is 3. The minimum atomic E-state index is -1.96. The van der Waals surface area contributed by atoms with Crippen molar-refractivity contribution in [2.45, 2.75) is 96.5 Å². The van der Waals surface area contributed by atoms with Crippen molar-refractivity contribution >= 4 is 25.7 Å². The van der Waals surface area contributed by atoms with Crippen LogP contribution < -0.4 is 0 Å². The zero-order chi connectivity index (χ0) is 18.6. The Morgan fingerprint density at radius 1 is 1.33 bits per heavy atom. The monoisotopic (exact) mass is 374 g/mol. The fourth-order valence-corrected chi connectivity index (χ4v) is 6.94. The van der Waals surface area contributed by atoms with Gasteiger partial charge in [-0.1, -0.05) is 34.1 Å². The van der Waals surface area contributed by atoms with E-state index >= 15 is 0 Å². The highest BCUT2D eigenvalue weighted by Gasteiger charge is 2.73. The summed E-state index contributed by atoms with van der Waals surface area (Å²) in [7, 11) is -1.96. The molecule has 3 nitrogen and oxygen atoms in total. The van der Waals surface area contributed by atoms with Crippen molar-refractivity contribution in [1.82, 2.24) is 0 Å². The van der Waals surface area contributed by atoms with E-state index in [2.05, 4.69) is 40.4 Å².